The Morgan fingerprint density at radius 1 is 1.38 bits per heavy atom. The monoisotopic (exact) mass is 378 g/mol. The van der Waals surface area contributed by atoms with E-state index in [1.165, 1.54) is 11.3 Å². The number of Topliss-reactive ketones (excluding diaryl/α,β-unsaturated/α-hetero) is 1. The van der Waals surface area contributed by atoms with E-state index in [0.717, 1.165) is 25.7 Å². The second-order valence-electron chi connectivity index (χ2n) is 7.69. The second-order valence-corrected chi connectivity index (χ2v) is 8.64. The molecule has 7 heteroatoms. The van der Waals surface area contributed by atoms with Crippen LogP contribution in [0.5, 0.6) is 0 Å². The van der Waals surface area contributed by atoms with Crippen LogP contribution in [0.1, 0.15) is 55.6 Å². The van der Waals surface area contributed by atoms with Crippen LogP contribution in [0.15, 0.2) is 17.5 Å². The molecule has 1 aromatic heterocycles. The Kier molecular flexibility index (Phi) is 5.77. The van der Waals surface area contributed by atoms with Gasteiger partial charge in [0.2, 0.25) is 5.91 Å². The number of ketones is 1. The molecule has 2 fully saturated rings. The van der Waals surface area contributed by atoms with E-state index in [1.54, 1.807) is 13.0 Å². The molecule has 0 radical (unpaired) electrons. The van der Waals surface area contributed by atoms with Crippen LogP contribution in [-0.2, 0) is 14.3 Å². The molecule has 1 unspecified atom stereocenters. The van der Waals surface area contributed by atoms with E-state index >= 15 is 0 Å². The fourth-order valence-electron chi connectivity index (χ4n) is 3.88. The third-order valence-electron chi connectivity index (χ3n) is 5.48. The summed E-state index contributed by atoms with van der Waals surface area (Å²) in [7, 11) is 0. The van der Waals surface area contributed by atoms with Crippen LogP contribution < -0.4 is 10.6 Å². The fourth-order valence-corrected chi connectivity index (χ4v) is 4.51. The van der Waals surface area contributed by atoms with Gasteiger partial charge in [-0.1, -0.05) is 25.8 Å². The number of hydrogen-bond acceptors (Lipinski definition) is 5. The summed E-state index contributed by atoms with van der Waals surface area (Å²) in [5.74, 6) is -0.677. The minimum Gasteiger partial charge on any atom is -0.368 e. The van der Waals surface area contributed by atoms with E-state index in [2.05, 4.69) is 17.6 Å². The predicted octanol–water partition coefficient (Wildman–Crippen LogP) is 2.29. The molecule has 1 aliphatic heterocycles. The van der Waals surface area contributed by atoms with Crippen LogP contribution in [-0.4, -0.2) is 42.4 Å². The molecule has 2 aliphatic rings. The van der Waals surface area contributed by atoms with Crippen molar-refractivity contribution < 1.29 is 19.1 Å². The number of rotatable bonds is 6. The van der Waals surface area contributed by atoms with Crippen LogP contribution >= 0.6 is 11.3 Å². The first-order valence-electron chi connectivity index (χ1n) is 9.17. The normalized spacial score (nSPS) is 25.8. The van der Waals surface area contributed by atoms with Gasteiger partial charge in [0.25, 0.3) is 5.91 Å². The van der Waals surface area contributed by atoms with E-state index < -0.39 is 12.1 Å². The Morgan fingerprint density at radius 2 is 2.12 bits per heavy atom. The maximum atomic E-state index is 12.9. The zero-order chi connectivity index (χ0) is 18.7. The summed E-state index contributed by atoms with van der Waals surface area (Å²) in [6, 6.07) is 2.25. The van der Waals surface area contributed by atoms with Gasteiger partial charge in [-0.05, 0) is 43.0 Å². The fraction of sp³-hybridized carbons (Fsp3) is 0.632. The Labute approximate surface area is 157 Å². The van der Waals surface area contributed by atoms with Crippen molar-refractivity contribution in [3.05, 3.63) is 22.4 Å². The van der Waals surface area contributed by atoms with Gasteiger partial charge in [-0.15, -0.1) is 11.3 Å². The Bertz CT molecular complexity index is 667. The molecule has 1 aliphatic carbocycles. The highest BCUT2D eigenvalue weighted by molar-refractivity contribution is 7.12. The molecular formula is C19H26N2O4S. The first kappa shape index (κ1) is 19.0. The molecule has 3 rings (SSSR count). The van der Waals surface area contributed by atoms with E-state index in [0.29, 0.717) is 11.3 Å². The summed E-state index contributed by atoms with van der Waals surface area (Å²) in [5, 5.41) is 7.51. The average molecular weight is 378 g/mol. The van der Waals surface area contributed by atoms with Crippen molar-refractivity contribution in [3.8, 4) is 0 Å². The van der Waals surface area contributed by atoms with E-state index in [4.69, 9.17) is 4.74 Å². The SMILES string of the molecule is C[C@@H]1OCC(=O)[C@H]1NC(=O)C(CC1(C)CCCC1)NC(=O)c1cccs1. The Hall–Kier alpha value is -1.73. The molecule has 1 saturated heterocycles. The topological polar surface area (TPSA) is 84.5 Å². The van der Waals surface area contributed by atoms with Gasteiger partial charge in [0, 0.05) is 0 Å². The van der Waals surface area contributed by atoms with Gasteiger partial charge < -0.3 is 15.4 Å². The minimum atomic E-state index is -0.659. The number of hydrogen-bond donors (Lipinski definition) is 2. The summed E-state index contributed by atoms with van der Waals surface area (Å²) < 4.78 is 5.30. The third kappa shape index (κ3) is 4.32. The molecule has 1 aromatic rings. The molecule has 0 bridgehead atoms. The number of carbonyl (C=O) groups is 3. The highest BCUT2D eigenvalue weighted by Gasteiger charge is 2.39. The molecule has 6 nitrogen and oxygen atoms in total. The molecule has 0 spiro atoms. The van der Waals surface area contributed by atoms with Gasteiger partial charge in [0.1, 0.15) is 18.7 Å². The number of nitrogens with one attached hydrogen (secondary N) is 2. The summed E-state index contributed by atoms with van der Waals surface area (Å²) >= 11 is 1.34. The smallest absolute Gasteiger partial charge is 0.261 e. The quantitative estimate of drug-likeness (QED) is 0.795. The summed E-state index contributed by atoms with van der Waals surface area (Å²) in [5.41, 5.74) is 0.0343. The van der Waals surface area contributed by atoms with Gasteiger partial charge in [0.15, 0.2) is 5.78 Å². The van der Waals surface area contributed by atoms with Gasteiger partial charge >= 0.3 is 0 Å². The van der Waals surface area contributed by atoms with Gasteiger partial charge in [-0.3, -0.25) is 14.4 Å². The van der Waals surface area contributed by atoms with Crippen molar-refractivity contribution in [1.82, 2.24) is 10.6 Å². The van der Waals surface area contributed by atoms with Gasteiger partial charge in [-0.2, -0.15) is 0 Å². The standard InChI is InChI=1S/C19H26N2O4S/c1-12-16(14(22)11-25-12)21-17(23)13(10-19(2)7-3-4-8-19)20-18(24)15-6-5-9-26-15/h5-6,9,12-13,16H,3-4,7-8,10-11H2,1-2H3,(H,20,24)(H,21,23)/t12-,13?,16-/m0/s1. The molecule has 2 heterocycles. The number of thiophene rings is 1. The summed E-state index contributed by atoms with van der Waals surface area (Å²) in [6.45, 7) is 3.97. The van der Waals surface area contributed by atoms with E-state index in [1.807, 2.05) is 11.4 Å². The lowest BCUT2D eigenvalue weighted by molar-refractivity contribution is -0.128. The molecule has 26 heavy (non-hydrogen) atoms. The largest absolute Gasteiger partial charge is 0.368 e. The van der Waals surface area contributed by atoms with E-state index in [9.17, 15) is 14.4 Å². The number of amides is 2. The van der Waals surface area contributed by atoms with Crippen LogP contribution in [0.4, 0.5) is 0 Å². The first-order valence-corrected chi connectivity index (χ1v) is 10.0. The first-order chi connectivity index (χ1) is 12.4. The van der Waals surface area contributed by atoms with Crippen molar-refractivity contribution in [2.45, 2.75) is 64.1 Å². The van der Waals surface area contributed by atoms with Gasteiger partial charge in [0.05, 0.1) is 11.0 Å². The maximum Gasteiger partial charge on any atom is 0.261 e. The van der Waals surface area contributed by atoms with Crippen molar-refractivity contribution in [2.75, 3.05) is 6.61 Å². The van der Waals surface area contributed by atoms with Crippen molar-refractivity contribution in [3.63, 3.8) is 0 Å². The Balaban J connectivity index is 1.71. The molecule has 0 aromatic carbocycles. The van der Waals surface area contributed by atoms with Crippen LogP contribution in [0, 0.1) is 5.41 Å². The summed E-state index contributed by atoms with van der Waals surface area (Å²) in [4.78, 5) is 37.9. The molecular weight excluding hydrogens is 352 g/mol. The van der Waals surface area contributed by atoms with Crippen LogP contribution in [0.2, 0.25) is 0 Å². The molecule has 1 saturated carbocycles. The van der Waals surface area contributed by atoms with Crippen molar-refractivity contribution in [1.29, 1.82) is 0 Å². The zero-order valence-electron chi connectivity index (χ0n) is 15.2. The minimum absolute atomic E-state index is 0.0239. The van der Waals surface area contributed by atoms with Crippen LogP contribution in [0.25, 0.3) is 0 Å². The molecule has 142 valence electrons. The van der Waals surface area contributed by atoms with Crippen molar-refractivity contribution >= 4 is 28.9 Å². The maximum absolute atomic E-state index is 12.9. The molecule has 3 atom stereocenters. The Morgan fingerprint density at radius 3 is 2.69 bits per heavy atom. The average Bonchev–Trinajstić information content (AvgIpc) is 3.33. The lowest BCUT2D eigenvalue weighted by Gasteiger charge is -2.30. The highest BCUT2D eigenvalue weighted by atomic mass is 32.1. The highest BCUT2D eigenvalue weighted by Crippen LogP contribution is 2.41. The van der Waals surface area contributed by atoms with Crippen molar-refractivity contribution in [2.24, 2.45) is 5.41 Å². The third-order valence-corrected chi connectivity index (χ3v) is 6.35. The number of carbonyl (C=O) groups excluding carboxylic acids is 3. The lowest BCUT2D eigenvalue weighted by atomic mass is 9.81. The second kappa shape index (κ2) is 7.88. The summed E-state index contributed by atoms with van der Waals surface area (Å²) in [6.07, 6.45) is 4.63. The van der Waals surface area contributed by atoms with Gasteiger partial charge in [-0.25, -0.2) is 0 Å². The molecule has 2 amide bonds. The zero-order valence-corrected chi connectivity index (χ0v) is 16.1. The predicted molar refractivity (Wildman–Crippen MR) is 99.1 cm³/mol. The van der Waals surface area contributed by atoms with Crippen LogP contribution in [0.3, 0.4) is 0 Å². The van der Waals surface area contributed by atoms with E-state index in [-0.39, 0.29) is 35.7 Å². The molecule has 2 N–H and O–H groups in total. The lowest BCUT2D eigenvalue weighted by Crippen LogP contribution is -2.54. The number of ether oxygens (including phenoxy) is 1.